The minimum atomic E-state index is -0.515. The molecule has 1 N–H and O–H groups in total. The second-order valence-electron chi connectivity index (χ2n) is 7.59. The van der Waals surface area contributed by atoms with Gasteiger partial charge in [0.15, 0.2) is 0 Å². The van der Waals surface area contributed by atoms with E-state index in [1.54, 1.807) is 0 Å². The van der Waals surface area contributed by atoms with E-state index in [-0.39, 0.29) is 5.92 Å². The minimum absolute atomic E-state index is 0.0798. The number of hydrogen-bond donors (Lipinski definition) is 1. The molecule has 1 aliphatic rings. The zero-order valence-corrected chi connectivity index (χ0v) is 16.5. The lowest BCUT2D eigenvalue weighted by molar-refractivity contribution is 0.109. The number of piperidine rings is 1. The number of aliphatic hydroxyl groups excluding tert-OH is 1. The first-order valence-electron chi connectivity index (χ1n) is 10.5. The summed E-state index contributed by atoms with van der Waals surface area (Å²) in [5.74, 6) is 0.961. The molecule has 1 saturated heterocycles. The van der Waals surface area contributed by atoms with Crippen LogP contribution in [-0.2, 0) is 0 Å². The van der Waals surface area contributed by atoms with Gasteiger partial charge in [0, 0.05) is 12.5 Å². The van der Waals surface area contributed by atoms with Crippen LogP contribution in [0.4, 0.5) is 0 Å². The van der Waals surface area contributed by atoms with Gasteiger partial charge >= 0.3 is 0 Å². The molecule has 0 bridgehead atoms. The summed E-state index contributed by atoms with van der Waals surface area (Å²) in [7, 11) is 0. The lowest BCUT2D eigenvalue weighted by Crippen LogP contribution is -2.35. The van der Waals surface area contributed by atoms with Gasteiger partial charge in [0.2, 0.25) is 0 Å². The van der Waals surface area contributed by atoms with Crippen LogP contribution < -0.4 is 4.74 Å². The van der Waals surface area contributed by atoms with Crippen LogP contribution in [0.1, 0.15) is 62.2 Å². The summed E-state index contributed by atoms with van der Waals surface area (Å²) in [6.07, 6.45) is 5.54. The van der Waals surface area contributed by atoms with Crippen molar-refractivity contribution in [1.29, 1.82) is 0 Å². The van der Waals surface area contributed by atoms with Crippen molar-refractivity contribution in [3.8, 4) is 5.75 Å². The molecule has 0 spiro atoms. The van der Waals surface area contributed by atoms with Crippen LogP contribution >= 0.6 is 0 Å². The van der Waals surface area contributed by atoms with Crippen LogP contribution in [0.3, 0.4) is 0 Å². The van der Waals surface area contributed by atoms with Gasteiger partial charge in [-0.2, -0.15) is 0 Å². The van der Waals surface area contributed by atoms with Gasteiger partial charge in [0.1, 0.15) is 5.75 Å². The van der Waals surface area contributed by atoms with Gasteiger partial charge in [-0.15, -0.1) is 0 Å². The molecule has 0 radical (unpaired) electrons. The Morgan fingerprint density at radius 2 is 1.63 bits per heavy atom. The quantitative estimate of drug-likeness (QED) is 0.621. The second kappa shape index (κ2) is 10.5. The number of unbranched alkanes of at least 4 members (excludes halogenated alkanes) is 1. The molecule has 1 fully saturated rings. The lowest BCUT2D eigenvalue weighted by atomic mass is 9.88. The van der Waals surface area contributed by atoms with Crippen LogP contribution in [0.25, 0.3) is 0 Å². The molecule has 146 valence electrons. The summed E-state index contributed by atoms with van der Waals surface area (Å²) in [6.45, 7) is 6.09. The molecule has 0 saturated carbocycles. The number of likely N-dealkylation sites (tertiary alicyclic amines) is 1. The molecule has 2 atom stereocenters. The summed E-state index contributed by atoms with van der Waals surface area (Å²) in [4.78, 5) is 2.51. The molecule has 0 unspecified atom stereocenters. The van der Waals surface area contributed by atoms with Gasteiger partial charge in [-0.3, -0.25) is 0 Å². The van der Waals surface area contributed by atoms with Crippen molar-refractivity contribution in [2.75, 3.05) is 26.2 Å². The predicted molar refractivity (Wildman–Crippen MR) is 111 cm³/mol. The number of rotatable bonds is 9. The molecular weight excluding hydrogens is 334 g/mol. The van der Waals surface area contributed by atoms with Crippen molar-refractivity contribution in [1.82, 2.24) is 4.90 Å². The number of aliphatic hydroxyl groups is 1. The molecule has 0 aromatic heterocycles. The molecule has 27 heavy (non-hydrogen) atoms. The van der Waals surface area contributed by atoms with E-state index in [1.165, 1.54) is 24.8 Å². The van der Waals surface area contributed by atoms with E-state index in [4.69, 9.17) is 4.74 Å². The predicted octanol–water partition coefficient (Wildman–Crippen LogP) is 5.17. The molecule has 2 aromatic carbocycles. The molecule has 1 aliphatic heterocycles. The molecule has 0 aliphatic carbocycles. The molecule has 1 heterocycles. The van der Waals surface area contributed by atoms with Crippen molar-refractivity contribution in [3.63, 3.8) is 0 Å². The summed E-state index contributed by atoms with van der Waals surface area (Å²) in [5.41, 5.74) is 2.17. The first-order chi connectivity index (χ1) is 13.3. The Kier molecular flexibility index (Phi) is 7.73. The van der Waals surface area contributed by atoms with E-state index in [0.717, 1.165) is 50.4 Å². The maximum Gasteiger partial charge on any atom is 0.119 e. The number of benzene rings is 2. The van der Waals surface area contributed by atoms with Gasteiger partial charge < -0.3 is 14.7 Å². The third-order valence-electron chi connectivity index (χ3n) is 5.50. The largest absolute Gasteiger partial charge is 0.494 e. The normalized spacial score (nSPS) is 17.4. The minimum Gasteiger partial charge on any atom is -0.494 e. The van der Waals surface area contributed by atoms with E-state index in [1.807, 2.05) is 30.3 Å². The standard InChI is InChI=1S/C24H33NO2/c1-2-3-18-27-22-14-12-21(13-15-22)24(26)23(20-10-6-4-7-11-20)19-25-16-8-5-9-17-25/h4,6-7,10-15,23-24,26H,2-3,5,8-9,16-19H2,1H3/t23-,24-/m0/s1. The number of ether oxygens (including phenoxy) is 1. The van der Waals surface area contributed by atoms with E-state index in [0.29, 0.717) is 0 Å². The highest BCUT2D eigenvalue weighted by atomic mass is 16.5. The Morgan fingerprint density at radius 1 is 0.926 bits per heavy atom. The topological polar surface area (TPSA) is 32.7 Å². The monoisotopic (exact) mass is 367 g/mol. The fraction of sp³-hybridized carbons (Fsp3) is 0.500. The third-order valence-corrected chi connectivity index (χ3v) is 5.50. The van der Waals surface area contributed by atoms with Gasteiger partial charge in [-0.25, -0.2) is 0 Å². The van der Waals surface area contributed by atoms with Gasteiger partial charge in [0.05, 0.1) is 12.7 Å². The zero-order chi connectivity index (χ0) is 18.9. The first kappa shape index (κ1) is 19.9. The maximum absolute atomic E-state index is 11.2. The fourth-order valence-electron chi connectivity index (χ4n) is 3.84. The first-order valence-corrected chi connectivity index (χ1v) is 10.5. The van der Waals surface area contributed by atoms with E-state index < -0.39 is 6.10 Å². The Labute approximate surface area is 164 Å². The van der Waals surface area contributed by atoms with Gasteiger partial charge in [0.25, 0.3) is 0 Å². The number of nitrogens with zero attached hydrogens (tertiary/aromatic N) is 1. The SMILES string of the molecule is CCCCOc1ccc([C@H](O)[C@@H](CN2CCCCC2)c2ccccc2)cc1. The zero-order valence-electron chi connectivity index (χ0n) is 16.5. The van der Waals surface area contributed by atoms with E-state index in [2.05, 4.69) is 36.1 Å². The van der Waals surface area contributed by atoms with Gasteiger partial charge in [-0.1, -0.05) is 62.2 Å². The van der Waals surface area contributed by atoms with E-state index in [9.17, 15) is 5.11 Å². The highest BCUT2D eigenvalue weighted by Gasteiger charge is 2.26. The number of hydrogen-bond acceptors (Lipinski definition) is 3. The smallest absolute Gasteiger partial charge is 0.119 e. The molecular formula is C24H33NO2. The highest BCUT2D eigenvalue weighted by molar-refractivity contribution is 5.32. The van der Waals surface area contributed by atoms with Crippen LogP contribution in [0.2, 0.25) is 0 Å². The van der Waals surface area contributed by atoms with Crippen LogP contribution in [0.15, 0.2) is 54.6 Å². The molecule has 2 aromatic rings. The van der Waals surface area contributed by atoms with Crippen molar-refractivity contribution in [3.05, 3.63) is 65.7 Å². The second-order valence-corrected chi connectivity index (χ2v) is 7.59. The summed E-state index contributed by atoms with van der Waals surface area (Å²) in [5, 5.41) is 11.2. The summed E-state index contributed by atoms with van der Waals surface area (Å²) >= 11 is 0. The average molecular weight is 368 g/mol. The average Bonchev–Trinajstić information content (AvgIpc) is 2.74. The summed E-state index contributed by atoms with van der Waals surface area (Å²) < 4.78 is 5.76. The van der Waals surface area contributed by atoms with Crippen LogP contribution in [0, 0.1) is 0 Å². The van der Waals surface area contributed by atoms with Crippen molar-refractivity contribution < 1.29 is 9.84 Å². The Bertz CT molecular complexity index is 650. The van der Waals surface area contributed by atoms with Crippen molar-refractivity contribution >= 4 is 0 Å². The molecule has 3 nitrogen and oxygen atoms in total. The highest BCUT2D eigenvalue weighted by Crippen LogP contribution is 2.33. The van der Waals surface area contributed by atoms with Crippen molar-refractivity contribution in [2.45, 2.75) is 51.0 Å². The summed E-state index contributed by atoms with van der Waals surface area (Å²) in [6, 6.07) is 18.4. The van der Waals surface area contributed by atoms with Gasteiger partial charge in [-0.05, 0) is 55.6 Å². The molecule has 3 rings (SSSR count). The molecule has 3 heteroatoms. The molecule has 0 amide bonds. The Hall–Kier alpha value is -1.84. The van der Waals surface area contributed by atoms with Crippen molar-refractivity contribution in [2.24, 2.45) is 0 Å². The fourth-order valence-corrected chi connectivity index (χ4v) is 3.84. The maximum atomic E-state index is 11.2. The van der Waals surface area contributed by atoms with Crippen LogP contribution in [-0.4, -0.2) is 36.2 Å². The van der Waals surface area contributed by atoms with E-state index >= 15 is 0 Å². The van der Waals surface area contributed by atoms with Crippen LogP contribution in [0.5, 0.6) is 5.75 Å². The third kappa shape index (κ3) is 5.82. The Balaban J connectivity index is 1.72. The Morgan fingerprint density at radius 3 is 2.30 bits per heavy atom. The lowest BCUT2D eigenvalue weighted by Gasteiger charge is -2.33.